The number of carbonyl (C=O) groups is 1. The van der Waals surface area contributed by atoms with Crippen LogP contribution in [0.15, 0.2) is 36.5 Å². The van der Waals surface area contributed by atoms with Crippen LogP contribution < -0.4 is 5.73 Å². The molecule has 2 rings (SSSR count). The molecule has 0 atom stereocenters. The van der Waals surface area contributed by atoms with Gasteiger partial charge in [-0.1, -0.05) is 0 Å². The van der Waals surface area contributed by atoms with Gasteiger partial charge in [0.25, 0.3) is 0 Å². The van der Waals surface area contributed by atoms with E-state index in [2.05, 4.69) is 4.98 Å². The summed E-state index contributed by atoms with van der Waals surface area (Å²) in [5, 5.41) is 0. The van der Waals surface area contributed by atoms with Crippen molar-refractivity contribution >= 4 is 11.5 Å². The number of aromatic nitrogens is 1. The smallest absolute Gasteiger partial charge is 0.211 e. The second-order valence-electron chi connectivity index (χ2n) is 3.43. The lowest BCUT2D eigenvalue weighted by molar-refractivity contribution is 0.103. The molecule has 0 spiro atoms. The zero-order valence-corrected chi connectivity index (χ0v) is 8.65. The normalized spacial score (nSPS) is 10.2. The van der Waals surface area contributed by atoms with Gasteiger partial charge in [-0.2, -0.15) is 0 Å². The highest BCUT2D eigenvalue weighted by atomic mass is 19.2. The summed E-state index contributed by atoms with van der Waals surface area (Å²) in [5.74, 6) is -2.54. The van der Waals surface area contributed by atoms with Crippen molar-refractivity contribution < 1.29 is 13.6 Å². The average molecular weight is 234 g/mol. The third kappa shape index (κ3) is 2.28. The summed E-state index contributed by atoms with van der Waals surface area (Å²) in [5.41, 5.74) is 6.02. The maximum atomic E-state index is 13.0. The number of carbonyl (C=O) groups excluding carboxylic acids is 1. The van der Waals surface area contributed by atoms with Gasteiger partial charge in [0.05, 0.1) is 11.9 Å². The van der Waals surface area contributed by atoms with Crippen molar-refractivity contribution in [3.63, 3.8) is 0 Å². The molecule has 1 aromatic carbocycles. The van der Waals surface area contributed by atoms with E-state index >= 15 is 0 Å². The van der Waals surface area contributed by atoms with E-state index in [1.54, 1.807) is 0 Å². The largest absolute Gasteiger partial charge is 0.397 e. The van der Waals surface area contributed by atoms with Crippen molar-refractivity contribution in [3.8, 4) is 0 Å². The van der Waals surface area contributed by atoms with Crippen LogP contribution in [0, 0.1) is 11.6 Å². The molecule has 1 heterocycles. The Morgan fingerprint density at radius 1 is 1.12 bits per heavy atom. The summed E-state index contributed by atoms with van der Waals surface area (Å²) in [4.78, 5) is 15.6. The molecule has 0 fully saturated rings. The van der Waals surface area contributed by atoms with E-state index < -0.39 is 17.4 Å². The van der Waals surface area contributed by atoms with Gasteiger partial charge in [0, 0.05) is 5.56 Å². The average Bonchev–Trinajstić information content (AvgIpc) is 2.33. The summed E-state index contributed by atoms with van der Waals surface area (Å²) >= 11 is 0. The Bertz CT molecular complexity index is 567. The van der Waals surface area contributed by atoms with Crippen LogP contribution >= 0.6 is 0 Å². The first kappa shape index (κ1) is 11.2. The number of nitrogen functional groups attached to an aromatic ring is 1. The SMILES string of the molecule is Nc1ccc(C(=O)c2ccc(F)c(F)c2)nc1. The molecule has 0 saturated carbocycles. The van der Waals surface area contributed by atoms with E-state index in [-0.39, 0.29) is 11.3 Å². The molecule has 2 aromatic rings. The number of halogens is 2. The fourth-order valence-electron chi connectivity index (χ4n) is 1.32. The summed E-state index contributed by atoms with van der Waals surface area (Å²) < 4.78 is 25.7. The predicted octanol–water partition coefficient (Wildman–Crippen LogP) is 2.17. The summed E-state index contributed by atoms with van der Waals surface area (Å²) in [6.45, 7) is 0. The molecule has 0 unspecified atom stereocenters. The first-order valence-corrected chi connectivity index (χ1v) is 4.79. The van der Waals surface area contributed by atoms with Crippen molar-refractivity contribution in [3.05, 3.63) is 59.4 Å². The number of benzene rings is 1. The maximum Gasteiger partial charge on any atom is 0.211 e. The van der Waals surface area contributed by atoms with Crippen LogP contribution in [0.4, 0.5) is 14.5 Å². The summed E-state index contributed by atoms with van der Waals surface area (Å²) in [7, 11) is 0. The van der Waals surface area contributed by atoms with Gasteiger partial charge in [-0.15, -0.1) is 0 Å². The molecule has 0 radical (unpaired) electrons. The molecule has 3 nitrogen and oxygen atoms in total. The molecule has 1 aromatic heterocycles. The zero-order chi connectivity index (χ0) is 12.4. The number of pyridine rings is 1. The fraction of sp³-hybridized carbons (Fsp3) is 0. The van der Waals surface area contributed by atoms with E-state index in [1.165, 1.54) is 24.4 Å². The molecule has 0 aliphatic carbocycles. The second kappa shape index (κ2) is 4.29. The van der Waals surface area contributed by atoms with Crippen LogP contribution in [0.3, 0.4) is 0 Å². The molecule has 86 valence electrons. The lowest BCUT2D eigenvalue weighted by Crippen LogP contribution is -2.05. The second-order valence-corrected chi connectivity index (χ2v) is 3.43. The van der Waals surface area contributed by atoms with Crippen molar-refractivity contribution in [1.82, 2.24) is 4.98 Å². The molecule has 17 heavy (non-hydrogen) atoms. The number of hydrogen-bond donors (Lipinski definition) is 1. The Balaban J connectivity index is 2.37. The highest BCUT2D eigenvalue weighted by Gasteiger charge is 2.12. The summed E-state index contributed by atoms with van der Waals surface area (Å²) in [6.07, 6.45) is 1.33. The maximum absolute atomic E-state index is 13.0. The molecular weight excluding hydrogens is 226 g/mol. The third-order valence-electron chi connectivity index (χ3n) is 2.20. The van der Waals surface area contributed by atoms with Gasteiger partial charge in [0.15, 0.2) is 11.6 Å². The summed E-state index contributed by atoms with van der Waals surface area (Å²) in [6, 6.07) is 5.90. The monoisotopic (exact) mass is 234 g/mol. The minimum Gasteiger partial charge on any atom is -0.397 e. The molecule has 0 aliphatic heterocycles. The number of ketones is 1. The van der Waals surface area contributed by atoms with Crippen LogP contribution in [-0.4, -0.2) is 10.8 Å². The lowest BCUT2D eigenvalue weighted by atomic mass is 10.1. The van der Waals surface area contributed by atoms with E-state index in [0.717, 1.165) is 12.1 Å². The molecule has 0 aliphatic rings. The van der Waals surface area contributed by atoms with Crippen LogP contribution in [0.5, 0.6) is 0 Å². The third-order valence-corrected chi connectivity index (χ3v) is 2.20. The molecule has 0 amide bonds. The van der Waals surface area contributed by atoms with Crippen molar-refractivity contribution in [2.75, 3.05) is 5.73 Å². The minimum atomic E-state index is -1.06. The topological polar surface area (TPSA) is 56.0 Å². The van der Waals surface area contributed by atoms with Gasteiger partial charge in [0.1, 0.15) is 5.69 Å². The first-order chi connectivity index (χ1) is 8.08. The number of rotatable bonds is 2. The van der Waals surface area contributed by atoms with Crippen LogP contribution in [0.25, 0.3) is 0 Å². The number of hydrogen-bond acceptors (Lipinski definition) is 3. The fourth-order valence-corrected chi connectivity index (χ4v) is 1.32. The quantitative estimate of drug-likeness (QED) is 0.810. The molecular formula is C12H8F2N2O. The van der Waals surface area contributed by atoms with Gasteiger partial charge in [0.2, 0.25) is 5.78 Å². The molecule has 5 heteroatoms. The first-order valence-electron chi connectivity index (χ1n) is 4.79. The Labute approximate surface area is 95.9 Å². The van der Waals surface area contributed by atoms with Gasteiger partial charge in [-0.25, -0.2) is 8.78 Å². The van der Waals surface area contributed by atoms with Gasteiger partial charge < -0.3 is 5.73 Å². The Hall–Kier alpha value is -2.30. The van der Waals surface area contributed by atoms with Gasteiger partial charge in [-0.3, -0.25) is 9.78 Å². The highest BCUT2D eigenvalue weighted by Crippen LogP contribution is 2.13. The number of nitrogens with two attached hydrogens (primary N) is 1. The minimum absolute atomic E-state index is 0.0428. The molecule has 0 bridgehead atoms. The van der Waals surface area contributed by atoms with Crippen molar-refractivity contribution in [2.24, 2.45) is 0 Å². The Morgan fingerprint density at radius 3 is 2.47 bits per heavy atom. The van der Waals surface area contributed by atoms with Crippen LogP contribution in [0.2, 0.25) is 0 Å². The Morgan fingerprint density at radius 2 is 1.88 bits per heavy atom. The standard InChI is InChI=1S/C12H8F2N2O/c13-9-3-1-7(5-10(9)14)12(17)11-4-2-8(15)6-16-11/h1-6H,15H2. The van der Waals surface area contributed by atoms with E-state index in [0.29, 0.717) is 5.69 Å². The van der Waals surface area contributed by atoms with Crippen molar-refractivity contribution in [1.29, 1.82) is 0 Å². The lowest BCUT2D eigenvalue weighted by Gasteiger charge is -2.01. The predicted molar refractivity (Wildman–Crippen MR) is 58.4 cm³/mol. The van der Waals surface area contributed by atoms with E-state index in [1.807, 2.05) is 0 Å². The van der Waals surface area contributed by atoms with Crippen molar-refractivity contribution in [2.45, 2.75) is 0 Å². The molecule has 2 N–H and O–H groups in total. The molecule has 0 saturated heterocycles. The van der Waals surface area contributed by atoms with Crippen LogP contribution in [-0.2, 0) is 0 Å². The van der Waals surface area contributed by atoms with Crippen LogP contribution in [0.1, 0.15) is 16.1 Å². The zero-order valence-electron chi connectivity index (χ0n) is 8.65. The van der Waals surface area contributed by atoms with E-state index in [4.69, 9.17) is 5.73 Å². The van der Waals surface area contributed by atoms with Gasteiger partial charge in [-0.05, 0) is 30.3 Å². The van der Waals surface area contributed by atoms with E-state index in [9.17, 15) is 13.6 Å². The van der Waals surface area contributed by atoms with Gasteiger partial charge >= 0.3 is 0 Å². The number of nitrogens with zero attached hydrogens (tertiary/aromatic N) is 1. The number of anilines is 1. The Kier molecular flexibility index (Phi) is 2.82. The highest BCUT2D eigenvalue weighted by molar-refractivity contribution is 6.07.